The number of pyridine rings is 1. The molecule has 0 aliphatic carbocycles. The van der Waals surface area contributed by atoms with Gasteiger partial charge in [0.25, 0.3) is 5.56 Å². The van der Waals surface area contributed by atoms with Crippen molar-refractivity contribution in [3.05, 3.63) is 57.5 Å². The fraction of sp³-hybridized carbons (Fsp3) is 0.0833. The van der Waals surface area contributed by atoms with Crippen LogP contribution in [0, 0.1) is 0 Å². The molecule has 2 rings (SSSR count). The first-order valence-electron chi connectivity index (χ1n) is 4.89. The molecule has 0 unspecified atom stereocenters. The monoisotopic (exact) mass is 234 g/mol. The molecule has 0 fully saturated rings. The molecule has 3 nitrogen and oxygen atoms in total. The molecule has 82 valence electrons. The largest absolute Gasteiger partial charge is 0.329 e. The first kappa shape index (κ1) is 10.9. The number of hydrogen-bond acceptors (Lipinski definition) is 2. The minimum Gasteiger partial charge on any atom is -0.329 e. The molecule has 0 amide bonds. The number of benzene rings is 1. The van der Waals surface area contributed by atoms with E-state index in [0.29, 0.717) is 10.6 Å². The molecule has 0 radical (unpaired) electrons. The van der Waals surface area contributed by atoms with Crippen molar-refractivity contribution in [2.75, 3.05) is 0 Å². The van der Waals surface area contributed by atoms with Crippen LogP contribution in [0.4, 0.5) is 0 Å². The summed E-state index contributed by atoms with van der Waals surface area (Å²) in [5.74, 6) is 0. The molecule has 2 aromatic rings. The van der Waals surface area contributed by atoms with Gasteiger partial charge in [0.15, 0.2) is 0 Å². The first-order chi connectivity index (χ1) is 7.72. The van der Waals surface area contributed by atoms with E-state index < -0.39 is 0 Å². The van der Waals surface area contributed by atoms with E-state index in [-0.39, 0.29) is 12.1 Å². The van der Waals surface area contributed by atoms with Crippen molar-refractivity contribution < 1.29 is 0 Å². The molecule has 0 bridgehead atoms. The predicted molar refractivity (Wildman–Crippen MR) is 65.4 cm³/mol. The van der Waals surface area contributed by atoms with E-state index in [9.17, 15) is 4.79 Å². The maximum Gasteiger partial charge on any atom is 0.253 e. The lowest BCUT2D eigenvalue weighted by molar-refractivity contribution is 1.02. The van der Waals surface area contributed by atoms with E-state index in [2.05, 4.69) is 4.98 Å². The summed E-state index contributed by atoms with van der Waals surface area (Å²) in [7, 11) is 0. The van der Waals surface area contributed by atoms with E-state index in [1.807, 2.05) is 24.3 Å². The zero-order valence-electron chi connectivity index (χ0n) is 8.53. The van der Waals surface area contributed by atoms with Crippen molar-refractivity contribution >= 4 is 11.6 Å². The van der Waals surface area contributed by atoms with Crippen LogP contribution in [-0.4, -0.2) is 4.98 Å². The summed E-state index contributed by atoms with van der Waals surface area (Å²) in [5, 5.41) is 0.640. The van der Waals surface area contributed by atoms with Gasteiger partial charge in [0.05, 0.1) is 0 Å². The van der Waals surface area contributed by atoms with E-state index in [4.69, 9.17) is 17.3 Å². The van der Waals surface area contributed by atoms with Gasteiger partial charge in [-0.25, -0.2) is 0 Å². The fourth-order valence-electron chi connectivity index (χ4n) is 1.64. The highest BCUT2D eigenvalue weighted by atomic mass is 35.5. The molecule has 1 aromatic carbocycles. The molecule has 0 atom stereocenters. The third-order valence-corrected chi connectivity index (χ3v) is 2.64. The Morgan fingerprint density at radius 1 is 1.31 bits per heavy atom. The summed E-state index contributed by atoms with van der Waals surface area (Å²) in [4.78, 5) is 14.2. The highest BCUT2D eigenvalue weighted by Gasteiger charge is 2.07. The average molecular weight is 235 g/mol. The number of nitrogens with two attached hydrogens (primary N) is 1. The van der Waals surface area contributed by atoms with Crippen molar-refractivity contribution in [3.63, 3.8) is 0 Å². The normalized spacial score (nSPS) is 10.4. The molecule has 0 saturated carbocycles. The molecule has 0 saturated heterocycles. The van der Waals surface area contributed by atoms with Gasteiger partial charge >= 0.3 is 0 Å². The molecule has 0 aliphatic rings. The van der Waals surface area contributed by atoms with Gasteiger partial charge < -0.3 is 10.7 Å². The Kier molecular flexibility index (Phi) is 3.08. The summed E-state index contributed by atoms with van der Waals surface area (Å²) in [5.41, 5.74) is 7.72. The number of aromatic nitrogens is 1. The van der Waals surface area contributed by atoms with Crippen LogP contribution in [-0.2, 0) is 6.54 Å². The zero-order valence-corrected chi connectivity index (χ0v) is 9.29. The Hall–Kier alpha value is -1.58. The molecule has 0 spiro atoms. The topological polar surface area (TPSA) is 58.9 Å². The van der Waals surface area contributed by atoms with Gasteiger partial charge in [-0.1, -0.05) is 23.7 Å². The lowest BCUT2D eigenvalue weighted by atomic mass is 10.0. The van der Waals surface area contributed by atoms with E-state index >= 15 is 0 Å². The minimum atomic E-state index is -0.153. The quantitative estimate of drug-likeness (QED) is 0.837. The van der Waals surface area contributed by atoms with Crippen LogP contribution < -0.4 is 11.3 Å². The third kappa shape index (κ3) is 2.01. The summed E-state index contributed by atoms with van der Waals surface area (Å²) >= 11 is 5.91. The van der Waals surface area contributed by atoms with Gasteiger partial charge in [0, 0.05) is 23.3 Å². The van der Waals surface area contributed by atoms with Crippen LogP contribution in [0.25, 0.3) is 11.1 Å². The first-order valence-corrected chi connectivity index (χ1v) is 5.26. The molecule has 1 heterocycles. The van der Waals surface area contributed by atoms with Crippen LogP contribution in [0.5, 0.6) is 0 Å². The van der Waals surface area contributed by atoms with Gasteiger partial charge in [0.2, 0.25) is 0 Å². The highest BCUT2D eigenvalue weighted by molar-refractivity contribution is 6.30. The summed E-state index contributed by atoms with van der Waals surface area (Å²) < 4.78 is 0. The minimum absolute atomic E-state index is 0.153. The smallest absolute Gasteiger partial charge is 0.253 e. The Balaban J connectivity index is 2.64. The van der Waals surface area contributed by atoms with Gasteiger partial charge in [0.1, 0.15) is 0 Å². The van der Waals surface area contributed by atoms with Gasteiger partial charge in [-0.2, -0.15) is 0 Å². The highest BCUT2D eigenvalue weighted by Crippen LogP contribution is 2.23. The predicted octanol–water partition coefficient (Wildman–Crippen LogP) is 2.15. The molecule has 16 heavy (non-hydrogen) atoms. The van der Waals surface area contributed by atoms with E-state index in [1.54, 1.807) is 12.3 Å². The Bertz CT molecular complexity index is 563. The second kappa shape index (κ2) is 4.51. The molecule has 4 heteroatoms. The average Bonchev–Trinajstić information content (AvgIpc) is 2.28. The Morgan fingerprint density at radius 2 is 2.12 bits per heavy atom. The van der Waals surface area contributed by atoms with E-state index in [0.717, 1.165) is 11.1 Å². The second-order valence-electron chi connectivity index (χ2n) is 3.41. The number of H-pyrrole nitrogens is 1. The molecule has 3 N–H and O–H groups in total. The second-order valence-corrected chi connectivity index (χ2v) is 3.85. The SMILES string of the molecule is NCc1c(-c2cccc(Cl)c2)cc[nH]c1=O. The zero-order chi connectivity index (χ0) is 11.5. The summed E-state index contributed by atoms with van der Waals surface area (Å²) in [6.07, 6.45) is 1.61. The Labute approximate surface area is 97.9 Å². The molecule has 1 aromatic heterocycles. The van der Waals surface area contributed by atoms with Crippen molar-refractivity contribution in [2.24, 2.45) is 5.73 Å². The van der Waals surface area contributed by atoms with Crippen molar-refractivity contribution in [1.82, 2.24) is 4.98 Å². The van der Waals surface area contributed by atoms with Crippen molar-refractivity contribution in [2.45, 2.75) is 6.54 Å². The number of halogens is 1. The van der Waals surface area contributed by atoms with Crippen molar-refractivity contribution in [1.29, 1.82) is 0 Å². The van der Waals surface area contributed by atoms with Crippen molar-refractivity contribution in [3.8, 4) is 11.1 Å². The van der Waals surface area contributed by atoms with Crippen LogP contribution in [0.2, 0.25) is 5.02 Å². The van der Waals surface area contributed by atoms with Crippen LogP contribution in [0.3, 0.4) is 0 Å². The molecular formula is C12H11ClN2O. The van der Waals surface area contributed by atoms with Crippen LogP contribution in [0.15, 0.2) is 41.3 Å². The number of rotatable bonds is 2. The summed E-state index contributed by atoms with van der Waals surface area (Å²) in [6, 6.07) is 9.18. The van der Waals surface area contributed by atoms with Crippen LogP contribution >= 0.6 is 11.6 Å². The van der Waals surface area contributed by atoms with Gasteiger partial charge in [-0.05, 0) is 29.3 Å². The molecule has 0 aliphatic heterocycles. The third-order valence-electron chi connectivity index (χ3n) is 2.40. The number of aromatic amines is 1. The standard InChI is InChI=1S/C12H11ClN2O/c13-9-3-1-2-8(6-9)10-4-5-15-12(16)11(10)7-14/h1-6H,7,14H2,(H,15,16). The maximum atomic E-state index is 11.6. The van der Waals surface area contributed by atoms with E-state index in [1.165, 1.54) is 0 Å². The van der Waals surface area contributed by atoms with Gasteiger partial charge in [-0.3, -0.25) is 4.79 Å². The Morgan fingerprint density at radius 3 is 2.81 bits per heavy atom. The van der Waals surface area contributed by atoms with Gasteiger partial charge in [-0.15, -0.1) is 0 Å². The molecular weight excluding hydrogens is 224 g/mol. The number of hydrogen-bond donors (Lipinski definition) is 2. The number of nitrogens with one attached hydrogen (secondary N) is 1. The van der Waals surface area contributed by atoms with Crippen LogP contribution in [0.1, 0.15) is 5.56 Å². The fourth-order valence-corrected chi connectivity index (χ4v) is 1.83. The lowest BCUT2D eigenvalue weighted by Gasteiger charge is -2.06. The lowest BCUT2D eigenvalue weighted by Crippen LogP contribution is -2.16. The maximum absolute atomic E-state index is 11.6. The summed E-state index contributed by atoms with van der Waals surface area (Å²) in [6.45, 7) is 0.206.